The molecule has 3 heterocycles. The van der Waals surface area contributed by atoms with E-state index in [2.05, 4.69) is 10.3 Å². The number of carbonyl (C=O) groups is 1. The highest BCUT2D eigenvalue weighted by Gasteiger charge is 2.20. The van der Waals surface area contributed by atoms with Crippen molar-refractivity contribution in [2.24, 2.45) is 0 Å². The summed E-state index contributed by atoms with van der Waals surface area (Å²) in [5.41, 5.74) is 0.372. The molecule has 9 heteroatoms. The molecule has 31 heavy (non-hydrogen) atoms. The number of imidazole rings is 1. The number of nitrogens with one attached hydrogen (secondary N) is 1. The highest BCUT2D eigenvalue weighted by molar-refractivity contribution is 5.77. The lowest BCUT2D eigenvalue weighted by Gasteiger charge is -2.14. The van der Waals surface area contributed by atoms with E-state index in [-0.39, 0.29) is 6.54 Å². The molecule has 160 valence electrons. The van der Waals surface area contributed by atoms with Crippen molar-refractivity contribution in [1.82, 2.24) is 24.0 Å². The maximum absolute atomic E-state index is 13.2. The van der Waals surface area contributed by atoms with Crippen molar-refractivity contribution in [3.63, 3.8) is 0 Å². The Bertz CT molecular complexity index is 1320. The second-order valence-electron chi connectivity index (χ2n) is 7.25. The molecule has 0 saturated heterocycles. The van der Waals surface area contributed by atoms with Gasteiger partial charge in [-0.1, -0.05) is 30.3 Å². The van der Waals surface area contributed by atoms with Crippen molar-refractivity contribution in [2.75, 3.05) is 0 Å². The van der Waals surface area contributed by atoms with Crippen LogP contribution in [0.2, 0.25) is 0 Å². The zero-order valence-corrected chi connectivity index (χ0v) is 17.3. The Balaban J connectivity index is 1.75. The predicted molar refractivity (Wildman–Crippen MR) is 115 cm³/mol. The van der Waals surface area contributed by atoms with Crippen molar-refractivity contribution in [2.45, 2.75) is 39.5 Å². The van der Waals surface area contributed by atoms with Crippen LogP contribution in [0.15, 0.2) is 69.1 Å². The molecular formula is C22H23N5O4. The van der Waals surface area contributed by atoms with E-state index in [0.29, 0.717) is 23.5 Å². The fourth-order valence-electron chi connectivity index (χ4n) is 3.57. The number of amides is 1. The van der Waals surface area contributed by atoms with Gasteiger partial charge in [0.25, 0.3) is 5.56 Å². The molecule has 3 aromatic heterocycles. The monoisotopic (exact) mass is 421 g/mol. The summed E-state index contributed by atoms with van der Waals surface area (Å²) < 4.78 is 9.37. The Hall–Kier alpha value is -3.88. The Morgan fingerprint density at radius 1 is 1.13 bits per heavy atom. The number of benzene rings is 1. The number of rotatable bonds is 7. The number of carbonyl (C=O) groups excluding carboxylic acids is 1. The van der Waals surface area contributed by atoms with Gasteiger partial charge in [0.1, 0.15) is 12.3 Å². The van der Waals surface area contributed by atoms with Crippen molar-refractivity contribution in [1.29, 1.82) is 0 Å². The third kappa shape index (κ3) is 3.94. The van der Waals surface area contributed by atoms with Gasteiger partial charge in [0.2, 0.25) is 5.91 Å². The fourth-order valence-corrected chi connectivity index (χ4v) is 3.57. The number of hydrogen-bond acceptors (Lipinski definition) is 5. The van der Waals surface area contributed by atoms with Crippen molar-refractivity contribution in [3.8, 4) is 0 Å². The van der Waals surface area contributed by atoms with Gasteiger partial charge < -0.3 is 14.3 Å². The minimum Gasteiger partial charge on any atom is -0.467 e. The van der Waals surface area contributed by atoms with Crippen LogP contribution in [-0.4, -0.2) is 24.6 Å². The van der Waals surface area contributed by atoms with Crippen molar-refractivity contribution < 1.29 is 9.21 Å². The number of aryl methyl sites for hydroxylation is 1. The number of nitrogens with zero attached hydrogens (tertiary/aromatic N) is 4. The Morgan fingerprint density at radius 2 is 1.90 bits per heavy atom. The van der Waals surface area contributed by atoms with Gasteiger partial charge in [0.15, 0.2) is 11.2 Å². The lowest BCUT2D eigenvalue weighted by molar-refractivity contribution is -0.122. The molecule has 0 aliphatic rings. The largest absolute Gasteiger partial charge is 0.467 e. The second kappa shape index (κ2) is 8.47. The van der Waals surface area contributed by atoms with Crippen LogP contribution in [0.3, 0.4) is 0 Å². The molecule has 1 atom stereocenters. The van der Waals surface area contributed by atoms with E-state index in [1.54, 1.807) is 23.6 Å². The first-order valence-corrected chi connectivity index (χ1v) is 10.0. The average Bonchev–Trinajstić information content (AvgIpc) is 3.45. The van der Waals surface area contributed by atoms with Gasteiger partial charge in [-0.15, -0.1) is 0 Å². The van der Waals surface area contributed by atoms with E-state index in [1.807, 2.05) is 37.3 Å². The predicted octanol–water partition coefficient (Wildman–Crippen LogP) is 1.90. The minimum absolute atomic E-state index is 0.238. The molecule has 0 spiro atoms. The summed E-state index contributed by atoms with van der Waals surface area (Å²) in [7, 11) is 0. The van der Waals surface area contributed by atoms with Crippen LogP contribution >= 0.6 is 0 Å². The van der Waals surface area contributed by atoms with E-state index in [9.17, 15) is 14.4 Å². The summed E-state index contributed by atoms with van der Waals surface area (Å²) in [6, 6.07) is 12.5. The second-order valence-corrected chi connectivity index (χ2v) is 7.25. The van der Waals surface area contributed by atoms with Crippen molar-refractivity contribution in [3.05, 3.63) is 87.2 Å². The summed E-state index contributed by atoms with van der Waals surface area (Å²) in [6.45, 7) is 4.00. The van der Waals surface area contributed by atoms with Gasteiger partial charge in [-0.25, -0.2) is 14.3 Å². The van der Waals surface area contributed by atoms with E-state index < -0.39 is 29.7 Å². The standard InChI is InChI=1S/C22H23N5O4/c1-3-25-14-23-20-19(25)21(29)27(13-18(28)24-15(2)17-10-7-11-31-17)22(30)26(20)12-16-8-5-4-6-9-16/h4-11,14-15H,3,12-13H2,1-2H3,(H,24,28). The van der Waals surface area contributed by atoms with E-state index in [1.165, 1.54) is 17.2 Å². The Labute approximate surface area is 177 Å². The third-order valence-electron chi connectivity index (χ3n) is 5.16. The first-order chi connectivity index (χ1) is 15.0. The summed E-state index contributed by atoms with van der Waals surface area (Å²) in [5.74, 6) is 0.123. The van der Waals surface area contributed by atoms with Crippen LogP contribution in [0.4, 0.5) is 0 Å². The van der Waals surface area contributed by atoms with E-state index in [0.717, 1.165) is 10.1 Å². The SMILES string of the molecule is CCn1cnc2c1c(=O)n(CC(=O)NC(C)c1ccco1)c(=O)n2Cc1ccccc1. The number of aromatic nitrogens is 4. The molecule has 1 amide bonds. The Morgan fingerprint density at radius 3 is 2.58 bits per heavy atom. The van der Waals surface area contributed by atoms with Crippen LogP contribution in [-0.2, 0) is 24.4 Å². The van der Waals surface area contributed by atoms with Crippen LogP contribution in [0.25, 0.3) is 11.2 Å². The summed E-state index contributed by atoms with van der Waals surface area (Å²) >= 11 is 0. The third-order valence-corrected chi connectivity index (χ3v) is 5.16. The van der Waals surface area contributed by atoms with Crippen LogP contribution < -0.4 is 16.6 Å². The lowest BCUT2D eigenvalue weighted by atomic mass is 10.2. The molecule has 0 aliphatic heterocycles. The average molecular weight is 421 g/mol. The number of furan rings is 1. The summed E-state index contributed by atoms with van der Waals surface area (Å²) in [4.78, 5) is 43.3. The van der Waals surface area contributed by atoms with Crippen molar-refractivity contribution >= 4 is 17.1 Å². The maximum Gasteiger partial charge on any atom is 0.333 e. The molecular weight excluding hydrogens is 398 g/mol. The maximum atomic E-state index is 13.2. The highest BCUT2D eigenvalue weighted by atomic mass is 16.3. The molecule has 0 aliphatic carbocycles. The number of hydrogen-bond donors (Lipinski definition) is 1. The Kier molecular flexibility index (Phi) is 5.57. The molecule has 1 N–H and O–H groups in total. The van der Waals surface area contributed by atoms with Gasteiger partial charge in [0, 0.05) is 6.54 Å². The molecule has 1 unspecified atom stereocenters. The molecule has 9 nitrogen and oxygen atoms in total. The first-order valence-electron chi connectivity index (χ1n) is 10.0. The normalized spacial score (nSPS) is 12.2. The topological polar surface area (TPSA) is 104 Å². The van der Waals surface area contributed by atoms with Crippen LogP contribution in [0.1, 0.15) is 31.2 Å². The van der Waals surface area contributed by atoms with Crippen LogP contribution in [0, 0.1) is 0 Å². The van der Waals surface area contributed by atoms with Gasteiger partial charge in [-0.3, -0.25) is 14.2 Å². The van der Waals surface area contributed by atoms with E-state index >= 15 is 0 Å². The fraction of sp³-hybridized carbons (Fsp3) is 0.273. The molecule has 0 fully saturated rings. The highest BCUT2D eigenvalue weighted by Crippen LogP contribution is 2.12. The molecule has 0 bridgehead atoms. The zero-order chi connectivity index (χ0) is 22.0. The first kappa shape index (κ1) is 20.4. The molecule has 4 aromatic rings. The van der Waals surface area contributed by atoms with Gasteiger partial charge in [-0.2, -0.15) is 0 Å². The molecule has 0 radical (unpaired) electrons. The van der Waals surface area contributed by atoms with Crippen LogP contribution in [0.5, 0.6) is 0 Å². The smallest absolute Gasteiger partial charge is 0.333 e. The molecule has 4 rings (SSSR count). The van der Waals surface area contributed by atoms with Gasteiger partial charge >= 0.3 is 5.69 Å². The number of fused-ring (bicyclic) bond motifs is 1. The summed E-state index contributed by atoms with van der Waals surface area (Å²) in [6.07, 6.45) is 3.06. The minimum atomic E-state index is -0.580. The quantitative estimate of drug-likeness (QED) is 0.491. The summed E-state index contributed by atoms with van der Waals surface area (Å²) in [5, 5.41) is 2.76. The van der Waals surface area contributed by atoms with Gasteiger partial charge in [0.05, 0.1) is 25.2 Å². The van der Waals surface area contributed by atoms with E-state index in [4.69, 9.17) is 4.42 Å². The molecule has 0 saturated carbocycles. The zero-order valence-electron chi connectivity index (χ0n) is 17.3. The lowest BCUT2D eigenvalue weighted by Crippen LogP contribution is -2.44. The molecule has 1 aromatic carbocycles. The van der Waals surface area contributed by atoms with Gasteiger partial charge in [-0.05, 0) is 31.5 Å².